The maximum Gasteiger partial charge on any atom is 0.158 e. The Hall–Kier alpha value is -1.40. The van der Waals surface area contributed by atoms with Crippen LogP contribution in [0.1, 0.15) is 19.7 Å². The van der Waals surface area contributed by atoms with Crippen molar-refractivity contribution in [1.82, 2.24) is 9.97 Å². The first kappa shape index (κ1) is 14.7. The van der Waals surface area contributed by atoms with Crippen LogP contribution in [0.3, 0.4) is 0 Å². The predicted molar refractivity (Wildman–Crippen MR) is 71.9 cm³/mol. The lowest BCUT2D eigenvalue weighted by Crippen LogP contribution is -2.22. The first-order valence-corrected chi connectivity index (χ1v) is 6.08. The molecule has 0 aromatic carbocycles. The van der Waals surface area contributed by atoms with Gasteiger partial charge in [0.15, 0.2) is 5.82 Å². The Morgan fingerprint density at radius 2 is 2.06 bits per heavy atom. The molecule has 0 fully saturated rings. The molecule has 1 heterocycles. The third-order valence-electron chi connectivity index (χ3n) is 2.27. The molecule has 0 amide bonds. The van der Waals surface area contributed by atoms with Gasteiger partial charge in [0.1, 0.15) is 18.2 Å². The molecule has 1 aromatic heterocycles. The van der Waals surface area contributed by atoms with Gasteiger partial charge in [-0.1, -0.05) is 0 Å². The van der Waals surface area contributed by atoms with Crippen LogP contribution in [0, 0.1) is 0 Å². The number of hydrogen-bond donors (Lipinski definition) is 2. The van der Waals surface area contributed by atoms with Crippen LogP contribution in [-0.2, 0) is 16.1 Å². The summed E-state index contributed by atoms with van der Waals surface area (Å²) < 4.78 is 10.4. The molecule has 18 heavy (non-hydrogen) atoms. The fraction of sp³-hybridized carbons (Fsp3) is 0.667. The van der Waals surface area contributed by atoms with Gasteiger partial charge in [-0.25, -0.2) is 9.97 Å². The zero-order chi connectivity index (χ0) is 13.4. The molecule has 2 N–H and O–H groups in total. The van der Waals surface area contributed by atoms with Crippen molar-refractivity contribution in [2.45, 2.75) is 26.5 Å². The predicted octanol–water partition coefficient (Wildman–Crippen LogP) is 1.50. The van der Waals surface area contributed by atoms with Crippen LogP contribution in [0.5, 0.6) is 0 Å². The Kier molecular flexibility index (Phi) is 6.38. The van der Waals surface area contributed by atoms with Crippen LogP contribution in [-0.4, -0.2) is 43.4 Å². The van der Waals surface area contributed by atoms with E-state index >= 15 is 0 Å². The van der Waals surface area contributed by atoms with Gasteiger partial charge in [-0.3, -0.25) is 0 Å². The Morgan fingerprint density at radius 1 is 1.33 bits per heavy atom. The van der Waals surface area contributed by atoms with E-state index in [1.165, 1.54) is 0 Å². The lowest BCUT2D eigenvalue weighted by molar-refractivity contribution is 0.141. The number of ether oxygens (including phenoxy) is 2. The largest absolute Gasteiger partial charge is 0.380 e. The van der Waals surface area contributed by atoms with Crippen molar-refractivity contribution in [3.05, 3.63) is 11.9 Å². The van der Waals surface area contributed by atoms with E-state index in [0.29, 0.717) is 25.6 Å². The molecule has 1 aromatic rings. The van der Waals surface area contributed by atoms with E-state index in [4.69, 9.17) is 9.47 Å². The van der Waals surface area contributed by atoms with E-state index in [0.717, 1.165) is 11.6 Å². The summed E-state index contributed by atoms with van der Waals surface area (Å²) in [6.45, 7) is 5.78. The molecule has 0 radical (unpaired) electrons. The minimum atomic E-state index is 0.194. The van der Waals surface area contributed by atoms with Crippen LogP contribution in [0.15, 0.2) is 6.07 Å². The zero-order valence-electron chi connectivity index (χ0n) is 11.5. The second-order valence-electron chi connectivity index (χ2n) is 3.94. The van der Waals surface area contributed by atoms with Gasteiger partial charge in [-0.15, -0.1) is 0 Å². The Morgan fingerprint density at radius 3 is 2.67 bits per heavy atom. The highest BCUT2D eigenvalue weighted by Crippen LogP contribution is 2.12. The molecule has 6 nitrogen and oxygen atoms in total. The van der Waals surface area contributed by atoms with Crippen LogP contribution in [0.25, 0.3) is 0 Å². The normalized spacial score (nSPS) is 12.2. The van der Waals surface area contributed by atoms with Crippen molar-refractivity contribution in [2.75, 3.05) is 38.0 Å². The average molecular weight is 254 g/mol. The summed E-state index contributed by atoms with van der Waals surface area (Å²) in [6, 6.07) is 2.06. The monoisotopic (exact) mass is 254 g/mol. The van der Waals surface area contributed by atoms with E-state index in [2.05, 4.69) is 20.6 Å². The molecule has 0 saturated carbocycles. The van der Waals surface area contributed by atoms with E-state index in [9.17, 15) is 0 Å². The van der Waals surface area contributed by atoms with Gasteiger partial charge < -0.3 is 20.1 Å². The number of nitrogens with zero attached hydrogens (tertiary/aromatic N) is 2. The topological polar surface area (TPSA) is 68.3 Å². The Bertz CT molecular complexity index is 360. The van der Waals surface area contributed by atoms with E-state index in [-0.39, 0.29) is 6.04 Å². The van der Waals surface area contributed by atoms with Gasteiger partial charge in [0, 0.05) is 32.9 Å². The number of aromatic nitrogens is 2. The molecule has 102 valence electrons. The van der Waals surface area contributed by atoms with Crippen molar-refractivity contribution in [3.63, 3.8) is 0 Å². The van der Waals surface area contributed by atoms with Gasteiger partial charge in [0.2, 0.25) is 0 Å². The standard InChI is InChI=1S/C12H22N4O2/c1-5-18-7-9(2)14-11-6-10(13-3)15-12(16-11)8-17-4/h6,9H,5,7-8H2,1-4H3,(H2,13,14,15,16). The molecule has 0 spiro atoms. The highest BCUT2D eigenvalue weighted by atomic mass is 16.5. The Labute approximate surface area is 108 Å². The number of hydrogen-bond acceptors (Lipinski definition) is 6. The van der Waals surface area contributed by atoms with Crippen molar-refractivity contribution in [2.24, 2.45) is 0 Å². The number of methoxy groups -OCH3 is 1. The molecule has 6 heteroatoms. The molecule has 1 rings (SSSR count). The average Bonchev–Trinajstić information content (AvgIpc) is 2.36. The van der Waals surface area contributed by atoms with Gasteiger partial charge in [-0.2, -0.15) is 0 Å². The molecule has 0 aliphatic heterocycles. The summed E-state index contributed by atoms with van der Waals surface area (Å²) in [5.41, 5.74) is 0. The molecule has 0 bridgehead atoms. The number of rotatable bonds is 8. The molecule has 0 saturated heterocycles. The lowest BCUT2D eigenvalue weighted by atomic mass is 10.3. The molecular formula is C12H22N4O2. The highest BCUT2D eigenvalue weighted by molar-refractivity contribution is 5.47. The second-order valence-corrected chi connectivity index (χ2v) is 3.94. The SMILES string of the molecule is CCOCC(C)Nc1cc(NC)nc(COC)n1. The maximum absolute atomic E-state index is 5.36. The summed E-state index contributed by atoms with van der Waals surface area (Å²) in [5.74, 6) is 2.19. The van der Waals surface area contributed by atoms with Crippen LogP contribution >= 0.6 is 0 Å². The molecule has 1 atom stereocenters. The lowest BCUT2D eigenvalue weighted by Gasteiger charge is -2.15. The number of anilines is 2. The van der Waals surface area contributed by atoms with Crippen molar-refractivity contribution >= 4 is 11.6 Å². The van der Waals surface area contributed by atoms with Gasteiger partial charge in [-0.05, 0) is 13.8 Å². The van der Waals surface area contributed by atoms with Crippen LogP contribution < -0.4 is 10.6 Å². The summed E-state index contributed by atoms with van der Waals surface area (Å²) in [4.78, 5) is 8.67. The molecule has 0 aliphatic rings. The van der Waals surface area contributed by atoms with E-state index < -0.39 is 0 Å². The van der Waals surface area contributed by atoms with Crippen LogP contribution in [0.4, 0.5) is 11.6 Å². The zero-order valence-corrected chi connectivity index (χ0v) is 11.5. The molecule has 1 unspecified atom stereocenters. The van der Waals surface area contributed by atoms with Gasteiger partial charge >= 0.3 is 0 Å². The quantitative estimate of drug-likeness (QED) is 0.733. The minimum absolute atomic E-state index is 0.194. The first-order valence-electron chi connectivity index (χ1n) is 6.08. The first-order chi connectivity index (χ1) is 8.69. The fourth-order valence-corrected chi connectivity index (χ4v) is 1.48. The smallest absolute Gasteiger partial charge is 0.158 e. The highest BCUT2D eigenvalue weighted by Gasteiger charge is 2.07. The van der Waals surface area contributed by atoms with E-state index in [1.807, 2.05) is 27.0 Å². The third kappa shape index (κ3) is 4.85. The summed E-state index contributed by atoms with van der Waals surface area (Å²) >= 11 is 0. The van der Waals surface area contributed by atoms with Crippen LogP contribution in [0.2, 0.25) is 0 Å². The second kappa shape index (κ2) is 7.84. The summed E-state index contributed by atoms with van der Waals surface area (Å²) in [6.07, 6.45) is 0. The number of nitrogens with one attached hydrogen (secondary N) is 2. The Balaban J connectivity index is 2.71. The van der Waals surface area contributed by atoms with Crippen molar-refractivity contribution in [1.29, 1.82) is 0 Å². The van der Waals surface area contributed by atoms with Gasteiger partial charge in [0.25, 0.3) is 0 Å². The third-order valence-corrected chi connectivity index (χ3v) is 2.27. The summed E-state index contributed by atoms with van der Waals surface area (Å²) in [5, 5.41) is 6.28. The van der Waals surface area contributed by atoms with E-state index in [1.54, 1.807) is 7.11 Å². The minimum Gasteiger partial charge on any atom is -0.380 e. The fourth-order valence-electron chi connectivity index (χ4n) is 1.48. The van der Waals surface area contributed by atoms with Crippen molar-refractivity contribution in [3.8, 4) is 0 Å². The maximum atomic E-state index is 5.36. The van der Waals surface area contributed by atoms with Gasteiger partial charge in [0.05, 0.1) is 6.61 Å². The molecule has 0 aliphatic carbocycles. The summed E-state index contributed by atoms with van der Waals surface area (Å²) in [7, 11) is 3.45. The molecular weight excluding hydrogens is 232 g/mol. The van der Waals surface area contributed by atoms with Crippen molar-refractivity contribution < 1.29 is 9.47 Å².